The summed E-state index contributed by atoms with van der Waals surface area (Å²) in [6.45, 7) is 15.3. The maximum atomic E-state index is 13.5. The normalized spacial score (nSPS) is 18.2. The summed E-state index contributed by atoms with van der Waals surface area (Å²) in [7, 11) is 3.30. The Bertz CT molecular complexity index is 1090. The van der Waals surface area contributed by atoms with Crippen molar-refractivity contribution >= 4 is 17.8 Å². The lowest BCUT2D eigenvalue weighted by atomic mass is 9.78. The zero-order valence-corrected chi connectivity index (χ0v) is 29.1. The van der Waals surface area contributed by atoms with E-state index < -0.39 is 17.4 Å². The molecular weight excluding hydrogens is 576 g/mol. The van der Waals surface area contributed by atoms with E-state index in [1.54, 1.807) is 39.9 Å². The number of hydrogen-bond acceptors (Lipinski definition) is 8. The number of primary amides is 1. The van der Waals surface area contributed by atoms with Crippen LogP contribution in [0.3, 0.4) is 0 Å². The predicted molar refractivity (Wildman–Crippen MR) is 174 cm³/mol. The molecule has 45 heavy (non-hydrogen) atoms. The Hall–Kier alpha value is -2.85. The maximum Gasteiger partial charge on any atom is 0.411 e. The van der Waals surface area contributed by atoms with Gasteiger partial charge in [-0.3, -0.25) is 14.5 Å². The van der Waals surface area contributed by atoms with Crippen LogP contribution in [0.4, 0.5) is 4.79 Å². The Morgan fingerprint density at radius 2 is 1.76 bits per heavy atom. The van der Waals surface area contributed by atoms with Crippen LogP contribution in [0.25, 0.3) is 0 Å². The van der Waals surface area contributed by atoms with Gasteiger partial charge in [0.2, 0.25) is 5.91 Å². The number of amides is 2. The summed E-state index contributed by atoms with van der Waals surface area (Å²) < 4.78 is 28.4. The molecule has 0 unspecified atom stereocenters. The molecule has 1 aliphatic heterocycles. The molecule has 1 aromatic carbocycles. The van der Waals surface area contributed by atoms with Crippen molar-refractivity contribution in [3.63, 3.8) is 0 Å². The maximum absolute atomic E-state index is 13.5. The second-order valence-electron chi connectivity index (χ2n) is 13.5. The summed E-state index contributed by atoms with van der Waals surface area (Å²) in [5.41, 5.74) is 5.91. The van der Waals surface area contributed by atoms with Gasteiger partial charge in [0, 0.05) is 37.9 Å². The standard InChI is InChI=1S/C35H58N2O8/c1-10-43-34(40)37-22-45-31(21-27(24(4)5)29(38)14-15-35(6,7)33(36)39)28(37)20-26(23(2)3)18-25-12-13-30(42-9)32(19-25)44-17-11-16-41-8/h12-13,19,23-24,26-28,31H,10-11,14-18,20-22H2,1-9H3,(H2,36,39)/t26-,27-,28-,31-/m0/s1. The quantitative estimate of drug-likeness (QED) is 0.173. The van der Waals surface area contributed by atoms with E-state index in [4.69, 9.17) is 29.4 Å². The van der Waals surface area contributed by atoms with Gasteiger partial charge in [-0.2, -0.15) is 0 Å². The van der Waals surface area contributed by atoms with Gasteiger partial charge in [-0.15, -0.1) is 0 Å². The Kier molecular flexibility index (Phi) is 15.6. The number of ether oxygens (including phenoxy) is 5. The van der Waals surface area contributed by atoms with Crippen molar-refractivity contribution in [3.8, 4) is 11.5 Å². The summed E-state index contributed by atoms with van der Waals surface area (Å²) >= 11 is 0. The number of nitrogens with zero attached hydrogens (tertiary/aromatic N) is 1. The third kappa shape index (κ3) is 11.5. The second kappa shape index (κ2) is 18.3. The van der Waals surface area contributed by atoms with E-state index in [1.807, 2.05) is 26.0 Å². The fourth-order valence-electron chi connectivity index (χ4n) is 5.80. The second-order valence-corrected chi connectivity index (χ2v) is 13.5. The number of benzene rings is 1. The molecule has 0 aromatic heterocycles. The molecule has 1 aromatic rings. The van der Waals surface area contributed by atoms with Gasteiger partial charge in [0.25, 0.3) is 0 Å². The molecule has 0 bridgehead atoms. The highest BCUT2D eigenvalue weighted by atomic mass is 16.6. The molecular formula is C35H58N2O8. The van der Waals surface area contributed by atoms with E-state index >= 15 is 0 Å². The highest BCUT2D eigenvalue weighted by Crippen LogP contribution is 2.36. The van der Waals surface area contributed by atoms with E-state index in [0.29, 0.717) is 49.9 Å². The summed E-state index contributed by atoms with van der Waals surface area (Å²) in [5, 5.41) is 0. The van der Waals surface area contributed by atoms with Crippen LogP contribution in [0.2, 0.25) is 0 Å². The van der Waals surface area contributed by atoms with Gasteiger partial charge >= 0.3 is 6.09 Å². The van der Waals surface area contributed by atoms with Crippen molar-refractivity contribution in [2.45, 2.75) is 99.1 Å². The first-order valence-corrected chi connectivity index (χ1v) is 16.4. The van der Waals surface area contributed by atoms with E-state index in [-0.39, 0.29) is 55.4 Å². The van der Waals surface area contributed by atoms with E-state index in [1.165, 1.54) is 0 Å². The SMILES string of the molecule is CCOC(=O)N1CO[C@@H](C[C@H](C(=O)CCC(C)(C)C(N)=O)C(C)C)[C@@H]1C[C@H](Cc1ccc(OC)c(OCCCOC)c1)C(C)C. The van der Waals surface area contributed by atoms with Crippen LogP contribution in [-0.4, -0.2) is 75.6 Å². The van der Waals surface area contributed by atoms with Crippen LogP contribution in [0.15, 0.2) is 18.2 Å². The van der Waals surface area contributed by atoms with Crippen LogP contribution >= 0.6 is 0 Å². The lowest BCUT2D eigenvalue weighted by Gasteiger charge is -2.33. The Labute approximate surface area is 270 Å². The molecule has 0 radical (unpaired) electrons. The lowest BCUT2D eigenvalue weighted by Crippen LogP contribution is -2.43. The van der Waals surface area contributed by atoms with Crippen LogP contribution in [0, 0.1) is 29.1 Å². The first-order valence-electron chi connectivity index (χ1n) is 16.4. The minimum Gasteiger partial charge on any atom is -0.493 e. The van der Waals surface area contributed by atoms with Gasteiger partial charge < -0.3 is 29.4 Å². The first kappa shape index (κ1) is 38.3. The number of rotatable bonds is 20. The molecule has 0 saturated carbocycles. The first-order chi connectivity index (χ1) is 21.2. The molecule has 2 N–H and O–H groups in total. The molecule has 0 aliphatic carbocycles. The van der Waals surface area contributed by atoms with Gasteiger partial charge in [0.15, 0.2) is 11.5 Å². The van der Waals surface area contributed by atoms with Crippen LogP contribution in [-0.2, 0) is 30.2 Å². The lowest BCUT2D eigenvalue weighted by molar-refractivity contribution is -0.129. The fourth-order valence-corrected chi connectivity index (χ4v) is 5.80. The predicted octanol–water partition coefficient (Wildman–Crippen LogP) is 6.02. The molecule has 1 aliphatic rings. The van der Waals surface area contributed by atoms with Crippen molar-refractivity contribution in [1.29, 1.82) is 0 Å². The number of carbonyl (C=O) groups is 3. The van der Waals surface area contributed by atoms with Crippen molar-refractivity contribution in [2.24, 2.45) is 34.8 Å². The molecule has 2 rings (SSSR count). The summed E-state index contributed by atoms with van der Waals surface area (Å²) in [4.78, 5) is 40.1. The molecule has 1 fully saturated rings. The number of hydrogen-bond donors (Lipinski definition) is 1. The zero-order valence-electron chi connectivity index (χ0n) is 29.1. The van der Waals surface area contributed by atoms with E-state index in [2.05, 4.69) is 19.9 Å². The molecule has 2 amide bonds. The largest absolute Gasteiger partial charge is 0.493 e. The number of methoxy groups -OCH3 is 2. The number of nitrogens with two attached hydrogens (primary N) is 1. The van der Waals surface area contributed by atoms with Crippen LogP contribution in [0.5, 0.6) is 11.5 Å². The summed E-state index contributed by atoms with van der Waals surface area (Å²) in [5.74, 6) is 1.35. The van der Waals surface area contributed by atoms with Crippen LogP contribution in [0.1, 0.15) is 86.1 Å². The molecule has 0 spiro atoms. The van der Waals surface area contributed by atoms with Gasteiger partial charge in [-0.05, 0) is 68.1 Å². The molecule has 10 heteroatoms. The number of carbonyl (C=O) groups excluding carboxylic acids is 3. The Morgan fingerprint density at radius 1 is 1.04 bits per heavy atom. The minimum absolute atomic E-state index is 0.0672. The van der Waals surface area contributed by atoms with E-state index in [9.17, 15) is 14.4 Å². The van der Waals surface area contributed by atoms with Gasteiger partial charge in [-0.25, -0.2) is 4.79 Å². The third-order valence-corrected chi connectivity index (χ3v) is 9.09. The highest BCUT2D eigenvalue weighted by molar-refractivity contribution is 5.84. The molecule has 4 atom stereocenters. The van der Waals surface area contributed by atoms with E-state index in [0.717, 1.165) is 18.4 Å². The Morgan fingerprint density at radius 3 is 2.33 bits per heavy atom. The van der Waals surface area contributed by atoms with Gasteiger partial charge in [0.1, 0.15) is 12.5 Å². The number of ketones is 1. The van der Waals surface area contributed by atoms with Gasteiger partial charge in [-0.1, -0.05) is 47.6 Å². The highest BCUT2D eigenvalue weighted by Gasteiger charge is 2.43. The molecule has 1 heterocycles. The molecule has 10 nitrogen and oxygen atoms in total. The van der Waals surface area contributed by atoms with Gasteiger partial charge in [0.05, 0.1) is 32.5 Å². The molecule has 1 saturated heterocycles. The minimum atomic E-state index is -0.759. The van der Waals surface area contributed by atoms with Crippen molar-refractivity contribution < 1.29 is 38.1 Å². The fraction of sp³-hybridized carbons (Fsp3) is 0.743. The van der Waals surface area contributed by atoms with Crippen molar-refractivity contribution in [3.05, 3.63) is 23.8 Å². The third-order valence-electron chi connectivity index (χ3n) is 9.09. The average Bonchev–Trinajstić information content (AvgIpc) is 3.38. The summed E-state index contributed by atoms with van der Waals surface area (Å²) in [6.07, 6.45) is 2.64. The van der Waals surface area contributed by atoms with Crippen molar-refractivity contribution in [2.75, 3.05) is 40.8 Å². The van der Waals surface area contributed by atoms with Crippen molar-refractivity contribution in [1.82, 2.24) is 4.90 Å². The van der Waals surface area contributed by atoms with Crippen LogP contribution < -0.4 is 15.2 Å². The smallest absolute Gasteiger partial charge is 0.411 e. The monoisotopic (exact) mass is 634 g/mol. The number of Topliss-reactive ketones (excluding diaryl/α,β-unsaturated/α-hetero) is 1. The Balaban J connectivity index is 2.29. The average molecular weight is 635 g/mol. The zero-order chi connectivity index (χ0) is 33.7. The summed E-state index contributed by atoms with van der Waals surface area (Å²) in [6, 6.07) is 5.77. The topological polar surface area (TPSA) is 127 Å². The molecule has 256 valence electrons.